The number of benzene rings is 1. The van der Waals surface area contributed by atoms with E-state index >= 15 is 0 Å². The number of carbonyl (C=O) groups excluding carboxylic acids is 1. The second-order valence-electron chi connectivity index (χ2n) is 7.02. The van der Waals surface area contributed by atoms with Gasteiger partial charge in [-0.3, -0.25) is 4.79 Å². The van der Waals surface area contributed by atoms with Crippen LogP contribution in [0.2, 0.25) is 0 Å². The standard InChI is InChI=1S/C20H27N3O3.2ClH/c1-15-17(23-19(26-15)16-6-4-3-5-7-16)12-18(24)22-13-20(14-25-2)8-10-21-11-9-20;;/h3-7,21H,8-14H2,1-2H3,(H,22,24);2*1H. The monoisotopic (exact) mass is 429 g/mol. The second kappa shape index (κ2) is 11.4. The van der Waals surface area contributed by atoms with E-state index in [0.29, 0.717) is 30.5 Å². The number of oxazole rings is 1. The van der Waals surface area contributed by atoms with Gasteiger partial charge < -0.3 is 19.8 Å². The SMILES string of the molecule is COCC1(CNC(=O)Cc2nc(-c3ccccc3)oc2C)CCNCC1.Cl.Cl. The Bertz CT molecular complexity index is 726. The van der Waals surface area contributed by atoms with Crippen molar-refractivity contribution in [3.05, 3.63) is 41.8 Å². The van der Waals surface area contributed by atoms with Gasteiger partial charge in [-0.1, -0.05) is 18.2 Å². The maximum atomic E-state index is 12.5. The summed E-state index contributed by atoms with van der Waals surface area (Å²) in [6.07, 6.45) is 2.23. The average Bonchev–Trinajstić information content (AvgIpc) is 3.02. The third-order valence-electron chi connectivity index (χ3n) is 5.02. The molecule has 1 amide bonds. The number of rotatable bonds is 7. The highest BCUT2D eigenvalue weighted by molar-refractivity contribution is 5.85. The quantitative estimate of drug-likeness (QED) is 0.706. The first-order valence-corrected chi connectivity index (χ1v) is 9.10. The van der Waals surface area contributed by atoms with Crippen LogP contribution in [0.5, 0.6) is 0 Å². The summed E-state index contributed by atoms with van der Waals surface area (Å²) in [7, 11) is 1.72. The summed E-state index contributed by atoms with van der Waals surface area (Å²) in [5, 5.41) is 6.43. The van der Waals surface area contributed by atoms with Gasteiger partial charge in [-0.05, 0) is 45.0 Å². The van der Waals surface area contributed by atoms with Crippen molar-refractivity contribution in [2.45, 2.75) is 26.2 Å². The van der Waals surface area contributed by atoms with Gasteiger partial charge >= 0.3 is 0 Å². The number of halogens is 2. The Kier molecular flexibility index (Phi) is 9.96. The molecule has 0 atom stereocenters. The Morgan fingerprint density at radius 2 is 1.93 bits per heavy atom. The van der Waals surface area contributed by atoms with Gasteiger partial charge in [0.1, 0.15) is 5.76 Å². The van der Waals surface area contributed by atoms with Crippen LogP contribution in [-0.4, -0.2) is 44.2 Å². The van der Waals surface area contributed by atoms with Crippen LogP contribution in [0.15, 0.2) is 34.7 Å². The highest BCUT2D eigenvalue weighted by atomic mass is 35.5. The molecule has 6 nitrogen and oxygen atoms in total. The minimum absolute atomic E-state index is 0. The molecule has 1 fully saturated rings. The first-order valence-electron chi connectivity index (χ1n) is 9.10. The van der Waals surface area contributed by atoms with Gasteiger partial charge in [0.15, 0.2) is 0 Å². The van der Waals surface area contributed by atoms with Gasteiger partial charge in [0.05, 0.1) is 18.7 Å². The first-order chi connectivity index (χ1) is 12.6. The van der Waals surface area contributed by atoms with Crippen LogP contribution in [0.3, 0.4) is 0 Å². The van der Waals surface area contributed by atoms with Crippen molar-refractivity contribution in [3.8, 4) is 11.5 Å². The molecule has 1 aromatic carbocycles. The number of aromatic nitrogens is 1. The Hall–Kier alpha value is -1.60. The molecule has 28 heavy (non-hydrogen) atoms. The van der Waals surface area contributed by atoms with Crippen LogP contribution in [-0.2, 0) is 16.0 Å². The predicted octanol–water partition coefficient (Wildman–Crippen LogP) is 3.17. The van der Waals surface area contributed by atoms with Crippen LogP contribution in [0.1, 0.15) is 24.3 Å². The van der Waals surface area contributed by atoms with E-state index in [-0.39, 0.29) is 42.6 Å². The zero-order chi connectivity index (χ0) is 18.4. The summed E-state index contributed by atoms with van der Waals surface area (Å²) in [5.41, 5.74) is 1.62. The van der Waals surface area contributed by atoms with E-state index in [0.717, 1.165) is 31.5 Å². The highest BCUT2D eigenvalue weighted by Crippen LogP contribution is 2.28. The molecule has 1 aliphatic rings. The molecule has 8 heteroatoms. The van der Waals surface area contributed by atoms with Crippen LogP contribution in [0.25, 0.3) is 11.5 Å². The lowest BCUT2D eigenvalue weighted by Gasteiger charge is -2.37. The zero-order valence-electron chi connectivity index (χ0n) is 16.3. The Labute approximate surface area is 178 Å². The van der Waals surface area contributed by atoms with E-state index in [9.17, 15) is 4.79 Å². The highest BCUT2D eigenvalue weighted by Gasteiger charge is 2.32. The number of methoxy groups -OCH3 is 1. The Balaban J connectivity index is 0.00000196. The molecule has 0 saturated carbocycles. The van der Waals surface area contributed by atoms with Crippen LogP contribution in [0.4, 0.5) is 0 Å². The molecule has 3 rings (SSSR count). The molecule has 1 aromatic heterocycles. The molecule has 0 aliphatic carbocycles. The maximum absolute atomic E-state index is 12.5. The summed E-state index contributed by atoms with van der Waals surface area (Å²) < 4.78 is 11.1. The molecule has 2 aromatic rings. The normalized spacial score (nSPS) is 15.2. The molecule has 0 bridgehead atoms. The maximum Gasteiger partial charge on any atom is 0.226 e. The summed E-state index contributed by atoms with van der Waals surface area (Å²) in [5.74, 6) is 1.21. The number of carbonyl (C=O) groups is 1. The van der Waals surface area contributed by atoms with Gasteiger partial charge in [0.25, 0.3) is 0 Å². The van der Waals surface area contributed by atoms with E-state index in [2.05, 4.69) is 15.6 Å². The van der Waals surface area contributed by atoms with E-state index in [1.807, 2.05) is 37.3 Å². The Morgan fingerprint density at radius 3 is 2.57 bits per heavy atom. The molecule has 1 saturated heterocycles. The third-order valence-corrected chi connectivity index (χ3v) is 5.02. The third kappa shape index (κ3) is 6.21. The van der Waals surface area contributed by atoms with Crippen LogP contribution in [0, 0.1) is 12.3 Å². The van der Waals surface area contributed by atoms with Crippen molar-refractivity contribution in [2.75, 3.05) is 33.4 Å². The minimum atomic E-state index is -0.0324. The van der Waals surface area contributed by atoms with Crippen molar-refractivity contribution in [1.29, 1.82) is 0 Å². The van der Waals surface area contributed by atoms with Crippen LogP contribution < -0.4 is 10.6 Å². The predicted molar refractivity (Wildman–Crippen MR) is 114 cm³/mol. The van der Waals surface area contributed by atoms with Crippen molar-refractivity contribution < 1.29 is 13.9 Å². The fourth-order valence-corrected chi connectivity index (χ4v) is 3.43. The van der Waals surface area contributed by atoms with Crippen LogP contribution >= 0.6 is 24.8 Å². The zero-order valence-corrected chi connectivity index (χ0v) is 18.0. The van der Waals surface area contributed by atoms with E-state index in [4.69, 9.17) is 9.15 Å². The molecule has 0 spiro atoms. The number of amides is 1. The summed E-state index contributed by atoms with van der Waals surface area (Å²) in [4.78, 5) is 17.0. The van der Waals surface area contributed by atoms with Crippen molar-refractivity contribution in [2.24, 2.45) is 5.41 Å². The van der Waals surface area contributed by atoms with Gasteiger partial charge in [-0.15, -0.1) is 24.8 Å². The topological polar surface area (TPSA) is 76.4 Å². The number of nitrogens with one attached hydrogen (secondary N) is 2. The number of aryl methyl sites for hydroxylation is 1. The minimum Gasteiger partial charge on any atom is -0.441 e. The fourth-order valence-electron chi connectivity index (χ4n) is 3.43. The van der Waals surface area contributed by atoms with Gasteiger partial charge in [-0.25, -0.2) is 4.98 Å². The molecule has 1 aliphatic heterocycles. The van der Waals surface area contributed by atoms with E-state index < -0.39 is 0 Å². The lowest BCUT2D eigenvalue weighted by Crippen LogP contribution is -2.47. The second-order valence-corrected chi connectivity index (χ2v) is 7.02. The molecular weight excluding hydrogens is 401 g/mol. The molecule has 2 N–H and O–H groups in total. The number of hydrogen-bond acceptors (Lipinski definition) is 5. The number of ether oxygens (including phenoxy) is 1. The van der Waals surface area contributed by atoms with Gasteiger partial charge in [0.2, 0.25) is 11.8 Å². The lowest BCUT2D eigenvalue weighted by molar-refractivity contribution is -0.121. The molecular formula is C20H29Cl2N3O3. The van der Waals surface area contributed by atoms with Crippen molar-refractivity contribution >= 4 is 30.7 Å². The largest absolute Gasteiger partial charge is 0.441 e. The molecule has 156 valence electrons. The first kappa shape index (κ1) is 24.4. The molecule has 2 heterocycles. The summed E-state index contributed by atoms with van der Waals surface area (Å²) in [6, 6.07) is 9.72. The molecule has 0 radical (unpaired) electrons. The molecule has 0 unspecified atom stereocenters. The Morgan fingerprint density at radius 1 is 1.25 bits per heavy atom. The fraction of sp³-hybridized carbons (Fsp3) is 0.500. The van der Waals surface area contributed by atoms with E-state index in [1.165, 1.54) is 0 Å². The number of hydrogen-bond donors (Lipinski definition) is 2. The van der Waals surface area contributed by atoms with Crippen molar-refractivity contribution in [3.63, 3.8) is 0 Å². The van der Waals surface area contributed by atoms with Gasteiger partial charge in [-0.2, -0.15) is 0 Å². The number of piperidine rings is 1. The van der Waals surface area contributed by atoms with E-state index in [1.54, 1.807) is 7.11 Å². The smallest absolute Gasteiger partial charge is 0.226 e. The summed E-state index contributed by atoms with van der Waals surface area (Å²) in [6.45, 7) is 5.06. The summed E-state index contributed by atoms with van der Waals surface area (Å²) >= 11 is 0. The van der Waals surface area contributed by atoms with Crippen molar-refractivity contribution in [1.82, 2.24) is 15.6 Å². The van der Waals surface area contributed by atoms with Gasteiger partial charge in [0, 0.05) is 24.6 Å². The average molecular weight is 430 g/mol. The lowest BCUT2D eigenvalue weighted by atomic mass is 9.79. The number of nitrogens with zero attached hydrogens (tertiary/aromatic N) is 1.